The van der Waals surface area contributed by atoms with Gasteiger partial charge in [0.2, 0.25) is 0 Å². The summed E-state index contributed by atoms with van der Waals surface area (Å²) in [5.41, 5.74) is 0. The smallest absolute Gasteiger partial charge is 0.175 e. The van der Waals surface area contributed by atoms with Gasteiger partial charge in [0.15, 0.2) is 6.29 Å². The summed E-state index contributed by atoms with van der Waals surface area (Å²) in [7, 11) is 0. The minimum absolute atomic E-state index is 0.0118. The van der Waals surface area contributed by atoms with Crippen LogP contribution in [0.5, 0.6) is 0 Å². The molecule has 0 atom stereocenters. The highest BCUT2D eigenvalue weighted by molar-refractivity contribution is 4.91. The molecule has 3 heteroatoms. The van der Waals surface area contributed by atoms with Crippen LogP contribution in [-0.4, -0.2) is 37.5 Å². The van der Waals surface area contributed by atoms with E-state index in [9.17, 15) is 0 Å². The fourth-order valence-corrected chi connectivity index (χ4v) is 1.39. The van der Waals surface area contributed by atoms with E-state index >= 15 is 0 Å². The molecule has 0 N–H and O–H groups in total. The van der Waals surface area contributed by atoms with Gasteiger partial charge in [0.05, 0.1) is 19.8 Å². The maximum Gasteiger partial charge on any atom is 0.175 e. The minimum Gasteiger partial charge on any atom is -0.372 e. The number of rotatable bonds is 2. The molecule has 0 radical (unpaired) electrons. The van der Waals surface area contributed by atoms with Crippen molar-refractivity contribution in [1.82, 2.24) is 4.90 Å². The first kappa shape index (κ1) is 7.13. The maximum absolute atomic E-state index is 5.32. The van der Waals surface area contributed by atoms with Crippen molar-refractivity contribution in [3.63, 3.8) is 0 Å². The number of ether oxygens (including phenoxy) is 2. The van der Waals surface area contributed by atoms with Crippen molar-refractivity contribution in [2.24, 2.45) is 0 Å². The average Bonchev–Trinajstić information content (AvgIpc) is 2.60. The number of hydrogen-bond donors (Lipinski definition) is 0. The predicted molar refractivity (Wildman–Crippen MR) is 41.0 cm³/mol. The molecule has 2 aliphatic rings. The molecule has 62 valence electrons. The van der Waals surface area contributed by atoms with Crippen LogP contribution in [0.4, 0.5) is 0 Å². The van der Waals surface area contributed by atoms with E-state index in [1.54, 1.807) is 0 Å². The van der Waals surface area contributed by atoms with Crippen molar-refractivity contribution < 1.29 is 9.47 Å². The Morgan fingerprint density at radius 2 is 2.18 bits per heavy atom. The molecule has 0 spiro atoms. The molecule has 2 rings (SSSR count). The van der Waals surface area contributed by atoms with Gasteiger partial charge in [-0.05, 0) is 12.6 Å². The van der Waals surface area contributed by atoms with Gasteiger partial charge in [-0.2, -0.15) is 0 Å². The quantitative estimate of drug-likeness (QED) is 0.582. The second-order valence-electron chi connectivity index (χ2n) is 2.84. The average molecular weight is 155 g/mol. The normalized spacial score (nSPS) is 25.3. The Hall–Kier alpha value is -0.540. The molecule has 0 aromatic heterocycles. The Kier molecular flexibility index (Phi) is 2.10. The van der Waals surface area contributed by atoms with Crippen LogP contribution < -0.4 is 0 Å². The van der Waals surface area contributed by atoms with Crippen LogP contribution in [0, 0.1) is 0 Å². The Morgan fingerprint density at radius 3 is 2.82 bits per heavy atom. The Bertz CT molecular complexity index is 152. The molecule has 1 fully saturated rings. The van der Waals surface area contributed by atoms with Gasteiger partial charge in [-0.1, -0.05) is 6.08 Å². The Labute approximate surface area is 66.6 Å². The molecular weight excluding hydrogens is 142 g/mol. The maximum atomic E-state index is 5.32. The van der Waals surface area contributed by atoms with E-state index < -0.39 is 0 Å². The highest BCUT2D eigenvalue weighted by Crippen LogP contribution is 2.10. The molecule has 3 nitrogen and oxygen atoms in total. The molecule has 0 amide bonds. The first-order valence-electron chi connectivity index (χ1n) is 4.09. The van der Waals surface area contributed by atoms with Gasteiger partial charge in [0.1, 0.15) is 0 Å². The topological polar surface area (TPSA) is 21.7 Å². The van der Waals surface area contributed by atoms with Gasteiger partial charge in [0.25, 0.3) is 0 Å². The van der Waals surface area contributed by atoms with Gasteiger partial charge in [-0.25, -0.2) is 0 Å². The van der Waals surface area contributed by atoms with Gasteiger partial charge in [0, 0.05) is 6.54 Å². The van der Waals surface area contributed by atoms with E-state index in [1.807, 2.05) is 0 Å². The summed E-state index contributed by atoms with van der Waals surface area (Å²) in [4.78, 5) is 2.23. The number of hydrogen-bond acceptors (Lipinski definition) is 3. The molecule has 1 saturated heterocycles. The minimum atomic E-state index is 0.0118. The van der Waals surface area contributed by atoms with E-state index in [0.717, 1.165) is 32.7 Å². The summed E-state index contributed by atoms with van der Waals surface area (Å²) in [5.74, 6) is 0. The molecule has 2 heterocycles. The van der Waals surface area contributed by atoms with Crippen LogP contribution in [-0.2, 0) is 9.47 Å². The summed E-state index contributed by atoms with van der Waals surface area (Å²) >= 11 is 0. The van der Waals surface area contributed by atoms with Crippen LogP contribution in [0.15, 0.2) is 12.3 Å². The zero-order valence-electron chi connectivity index (χ0n) is 6.53. The van der Waals surface area contributed by atoms with Crippen LogP contribution in [0.25, 0.3) is 0 Å². The fraction of sp³-hybridized carbons (Fsp3) is 0.750. The van der Waals surface area contributed by atoms with Crippen LogP contribution in [0.3, 0.4) is 0 Å². The molecule has 0 saturated carbocycles. The highest BCUT2D eigenvalue weighted by Gasteiger charge is 2.18. The second-order valence-corrected chi connectivity index (χ2v) is 2.84. The van der Waals surface area contributed by atoms with Crippen molar-refractivity contribution in [2.45, 2.75) is 12.7 Å². The molecule has 2 aliphatic heterocycles. The standard InChI is InChI=1S/C8H13NO2/c1-2-4-9(3-1)7-8-10-5-6-11-8/h1,3,8H,2,4-7H2. The molecular formula is C8H13NO2. The van der Waals surface area contributed by atoms with Crippen molar-refractivity contribution in [3.8, 4) is 0 Å². The summed E-state index contributed by atoms with van der Waals surface area (Å²) in [5, 5.41) is 0. The lowest BCUT2D eigenvalue weighted by Crippen LogP contribution is -2.27. The lowest BCUT2D eigenvalue weighted by molar-refractivity contribution is -0.0540. The monoisotopic (exact) mass is 155 g/mol. The zero-order valence-corrected chi connectivity index (χ0v) is 6.53. The highest BCUT2D eigenvalue weighted by atomic mass is 16.7. The first-order valence-corrected chi connectivity index (χ1v) is 4.09. The Morgan fingerprint density at radius 1 is 1.36 bits per heavy atom. The summed E-state index contributed by atoms with van der Waals surface area (Å²) in [6, 6.07) is 0. The lowest BCUT2D eigenvalue weighted by atomic mass is 10.5. The van der Waals surface area contributed by atoms with Crippen LogP contribution in [0.1, 0.15) is 6.42 Å². The zero-order chi connectivity index (χ0) is 7.52. The van der Waals surface area contributed by atoms with Gasteiger partial charge >= 0.3 is 0 Å². The third-order valence-electron chi connectivity index (χ3n) is 1.97. The van der Waals surface area contributed by atoms with Gasteiger partial charge in [-0.3, -0.25) is 0 Å². The predicted octanol–water partition coefficient (Wildman–Crippen LogP) is 0.579. The van der Waals surface area contributed by atoms with Crippen LogP contribution in [0.2, 0.25) is 0 Å². The molecule has 0 aromatic rings. The van der Waals surface area contributed by atoms with Crippen molar-refractivity contribution in [2.75, 3.05) is 26.3 Å². The van der Waals surface area contributed by atoms with Crippen LogP contribution >= 0.6 is 0 Å². The van der Waals surface area contributed by atoms with E-state index in [0.29, 0.717) is 0 Å². The Balaban J connectivity index is 1.75. The van der Waals surface area contributed by atoms with Gasteiger partial charge in [-0.15, -0.1) is 0 Å². The van der Waals surface area contributed by atoms with E-state index in [2.05, 4.69) is 17.2 Å². The largest absolute Gasteiger partial charge is 0.372 e. The van der Waals surface area contributed by atoms with Gasteiger partial charge < -0.3 is 14.4 Å². The molecule has 0 aromatic carbocycles. The van der Waals surface area contributed by atoms with Crippen molar-refractivity contribution in [1.29, 1.82) is 0 Å². The molecule has 11 heavy (non-hydrogen) atoms. The molecule has 0 unspecified atom stereocenters. The van der Waals surface area contributed by atoms with E-state index in [1.165, 1.54) is 0 Å². The number of nitrogens with zero attached hydrogens (tertiary/aromatic N) is 1. The molecule has 0 bridgehead atoms. The third kappa shape index (κ3) is 1.73. The van der Waals surface area contributed by atoms with Crippen molar-refractivity contribution >= 4 is 0 Å². The third-order valence-corrected chi connectivity index (χ3v) is 1.97. The SMILES string of the molecule is C1=CN(CC2OCCO2)CC1. The lowest BCUT2D eigenvalue weighted by Gasteiger charge is -2.18. The fourth-order valence-electron chi connectivity index (χ4n) is 1.39. The van der Waals surface area contributed by atoms with E-state index in [-0.39, 0.29) is 6.29 Å². The summed E-state index contributed by atoms with van der Waals surface area (Å²) in [6.07, 6.45) is 5.46. The van der Waals surface area contributed by atoms with Crippen molar-refractivity contribution in [3.05, 3.63) is 12.3 Å². The summed E-state index contributed by atoms with van der Waals surface area (Å²) in [6.45, 7) is 3.50. The van der Waals surface area contributed by atoms with E-state index in [4.69, 9.17) is 9.47 Å². The second kappa shape index (κ2) is 3.24. The first-order chi connectivity index (χ1) is 5.45. The molecule has 0 aliphatic carbocycles. The summed E-state index contributed by atoms with van der Waals surface area (Å²) < 4.78 is 10.6.